The second kappa shape index (κ2) is 9.07. The number of rotatable bonds is 6. The summed E-state index contributed by atoms with van der Waals surface area (Å²) in [6, 6.07) is 10.5. The van der Waals surface area contributed by atoms with Crippen LogP contribution in [0.25, 0.3) is 0 Å². The van der Waals surface area contributed by atoms with Crippen molar-refractivity contribution in [1.82, 2.24) is 9.80 Å². The number of hydrogen-bond donors (Lipinski definition) is 0. The van der Waals surface area contributed by atoms with Crippen LogP contribution in [0.2, 0.25) is 0 Å². The maximum absolute atomic E-state index is 12.3. The highest BCUT2D eigenvalue weighted by atomic mass is 16.6. The Balaban J connectivity index is 1.18. The molecule has 1 aliphatic carbocycles. The van der Waals surface area contributed by atoms with Gasteiger partial charge in [0, 0.05) is 32.3 Å². The first-order valence-corrected chi connectivity index (χ1v) is 10.6. The topological polar surface area (TPSA) is 42.0 Å². The third-order valence-electron chi connectivity index (χ3n) is 6.12. The van der Waals surface area contributed by atoms with Gasteiger partial charge in [0.1, 0.15) is 6.61 Å². The third kappa shape index (κ3) is 5.45. The Morgan fingerprint density at radius 3 is 2.52 bits per heavy atom. The van der Waals surface area contributed by atoms with E-state index in [1.807, 2.05) is 35.2 Å². The van der Waals surface area contributed by atoms with Crippen LogP contribution in [0.4, 0.5) is 4.79 Å². The molecule has 0 aromatic heterocycles. The van der Waals surface area contributed by atoms with Gasteiger partial charge in [0.2, 0.25) is 0 Å². The molecule has 2 aliphatic heterocycles. The maximum atomic E-state index is 12.3. The molecule has 4 rings (SSSR count). The molecule has 148 valence electrons. The molecule has 0 bridgehead atoms. The molecule has 0 spiro atoms. The van der Waals surface area contributed by atoms with Crippen LogP contribution in [0.1, 0.15) is 44.1 Å². The smallest absolute Gasteiger partial charge is 0.410 e. The molecule has 5 nitrogen and oxygen atoms in total. The van der Waals surface area contributed by atoms with Gasteiger partial charge in [-0.3, -0.25) is 4.90 Å². The van der Waals surface area contributed by atoms with Crippen molar-refractivity contribution in [1.29, 1.82) is 0 Å². The van der Waals surface area contributed by atoms with E-state index in [2.05, 4.69) is 4.90 Å². The number of carbonyl (C=O) groups excluding carboxylic acids is 1. The molecular weight excluding hydrogens is 340 g/mol. The van der Waals surface area contributed by atoms with Crippen LogP contribution in [0.3, 0.4) is 0 Å². The van der Waals surface area contributed by atoms with E-state index in [1.165, 1.54) is 32.2 Å². The number of benzene rings is 1. The Kier molecular flexibility index (Phi) is 6.30. The van der Waals surface area contributed by atoms with Crippen molar-refractivity contribution < 1.29 is 14.3 Å². The fraction of sp³-hybridized carbons (Fsp3) is 0.682. The van der Waals surface area contributed by atoms with E-state index < -0.39 is 0 Å². The predicted molar refractivity (Wildman–Crippen MR) is 104 cm³/mol. The third-order valence-corrected chi connectivity index (χ3v) is 6.12. The van der Waals surface area contributed by atoms with Crippen LogP contribution in [-0.4, -0.2) is 60.8 Å². The monoisotopic (exact) mass is 372 g/mol. The number of piperidine rings is 2. The normalized spacial score (nSPS) is 24.7. The fourth-order valence-corrected chi connectivity index (χ4v) is 4.21. The van der Waals surface area contributed by atoms with Gasteiger partial charge in [-0.15, -0.1) is 0 Å². The fourth-order valence-electron chi connectivity index (χ4n) is 4.21. The maximum Gasteiger partial charge on any atom is 0.410 e. The second-order valence-corrected chi connectivity index (χ2v) is 8.29. The number of ether oxygens (including phenoxy) is 2. The van der Waals surface area contributed by atoms with Crippen molar-refractivity contribution in [2.75, 3.05) is 32.8 Å². The van der Waals surface area contributed by atoms with Gasteiger partial charge in [0.25, 0.3) is 0 Å². The lowest BCUT2D eigenvalue weighted by atomic mass is 9.99. The molecule has 0 unspecified atom stereocenters. The average Bonchev–Trinajstić information content (AvgIpc) is 3.56. The van der Waals surface area contributed by atoms with Gasteiger partial charge in [-0.05, 0) is 56.6 Å². The van der Waals surface area contributed by atoms with E-state index in [9.17, 15) is 4.79 Å². The van der Waals surface area contributed by atoms with E-state index in [-0.39, 0.29) is 6.09 Å². The number of carbonyl (C=O) groups is 1. The summed E-state index contributed by atoms with van der Waals surface area (Å²) >= 11 is 0. The zero-order valence-electron chi connectivity index (χ0n) is 16.2. The molecule has 1 amide bonds. The van der Waals surface area contributed by atoms with E-state index in [0.29, 0.717) is 18.8 Å². The van der Waals surface area contributed by atoms with Gasteiger partial charge in [-0.25, -0.2) is 4.79 Å². The molecule has 27 heavy (non-hydrogen) atoms. The summed E-state index contributed by atoms with van der Waals surface area (Å²) in [5.41, 5.74) is 1.03. The summed E-state index contributed by atoms with van der Waals surface area (Å²) in [5.74, 6) is 0.838. The molecule has 1 aromatic carbocycles. The van der Waals surface area contributed by atoms with Crippen molar-refractivity contribution >= 4 is 6.09 Å². The minimum absolute atomic E-state index is 0.179. The first kappa shape index (κ1) is 18.8. The number of likely N-dealkylation sites (tertiary alicyclic amines) is 2. The molecule has 2 saturated heterocycles. The number of amides is 1. The minimum Gasteiger partial charge on any atom is -0.445 e. The van der Waals surface area contributed by atoms with Crippen LogP contribution in [0, 0.1) is 5.92 Å². The summed E-state index contributed by atoms with van der Waals surface area (Å²) in [6.07, 6.45) is 7.45. The van der Waals surface area contributed by atoms with Crippen molar-refractivity contribution in [3.63, 3.8) is 0 Å². The van der Waals surface area contributed by atoms with Gasteiger partial charge < -0.3 is 14.4 Å². The molecule has 1 aromatic rings. The zero-order valence-corrected chi connectivity index (χ0v) is 16.2. The summed E-state index contributed by atoms with van der Waals surface area (Å²) < 4.78 is 11.6. The van der Waals surface area contributed by atoms with Crippen LogP contribution < -0.4 is 0 Å². The average molecular weight is 373 g/mol. The van der Waals surface area contributed by atoms with E-state index in [1.54, 1.807) is 0 Å². The summed E-state index contributed by atoms with van der Waals surface area (Å²) in [5, 5.41) is 0. The van der Waals surface area contributed by atoms with Crippen LogP contribution >= 0.6 is 0 Å². The van der Waals surface area contributed by atoms with E-state index in [0.717, 1.165) is 50.6 Å². The highest BCUT2D eigenvalue weighted by Crippen LogP contribution is 2.30. The molecule has 3 aliphatic rings. The Hall–Kier alpha value is -1.59. The molecule has 3 fully saturated rings. The largest absolute Gasteiger partial charge is 0.445 e. The van der Waals surface area contributed by atoms with E-state index >= 15 is 0 Å². The van der Waals surface area contributed by atoms with Crippen molar-refractivity contribution in [3.8, 4) is 0 Å². The Bertz CT molecular complexity index is 597. The second-order valence-electron chi connectivity index (χ2n) is 8.29. The predicted octanol–water partition coefficient (Wildman–Crippen LogP) is 3.68. The molecule has 0 N–H and O–H groups in total. The first-order chi connectivity index (χ1) is 13.3. The lowest BCUT2D eigenvalue weighted by Gasteiger charge is -2.42. The van der Waals surface area contributed by atoms with Gasteiger partial charge in [0.05, 0.1) is 6.10 Å². The minimum atomic E-state index is -0.179. The highest BCUT2D eigenvalue weighted by molar-refractivity contribution is 5.67. The van der Waals surface area contributed by atoms with Gasteiger partial charge in [0.15, 0.2) is 0 Å². The zero-order chi connectivity index (χ0) is 18.5. The van der Waals surface area contributed by atoms with E-state index in [4.69, 9.17) is 9.47 Å². The van der Waals surface area contributed by atoms with Crippen molar-refractivity contribution in [3.05, 3.63) is 35.9 Å². The lowest BCUT2D eigenvalue weighted by Crippen LogP contribution is -2.51. The Labute approximate surface area is 162 Å². The summed E-state index contributed by atoms with van der Waals surface area (Å²) in [4.78, 5) is 16.8. The molecule has 2 heterocycles. The number of hydrogen-bond acceptors (Lipinski definition) is 4. The Morgan fingerprint density at radius 2 is 1.78 bits per heavy atom. The quantitative estimate of drug-likeness (QED) is 0.764. The highest BCUT2D eigenvalue weighted by Gasteiger charge is 2.32. The SMILES string of the molecule is O=C(OCc1ccccc1)N1CCC(N2CCC[C@@H](OCC3CC3)C2)CC1. The first-order valence-electron chi connectivity index (χ1n) is 10.6. The number of nitrogens with zero attached hydrogens (tertiary/aromatic N) is 2. The standard InChI is InChI=1S/C22H32N2O3/c25-22(27-17-18-5-2-1-3-6-18)23-13-10-20(11-14-23)24-12-4-7-21(15-24)26-16-19-8-9-19/h1-3,5-6,19-21H,4,7-17H2/t21-/m1/s1. The van der Waals surface area contributed by atoms with Crippen molar-refractivity contribution in [2.45, 2.75) is 57.3 Å². The van der Waals surface area contributed by atoms with Crippen LogP contribution in [0.15, 0.2) is 30.3 Å². The summed E-state index contributed by atoms with van der Waals surface area (Å²) in [7, 11) is 0. The Morgan fingerprint density at radius 1 is 1.00 bits per heavy atom. The van der Waals surface area contributed by atoms with Crippen molar-refractivity contribution in [2.24, 2.45) is 5.92 Å². The lowest BCUT2D eigenvalue weighted by molar-refractivity contribution is -0.0253. The van der Waals surface area contributed by atoms with Gasteiger partial charge >= 0.3 is 6.09 Å². The van der Waals surface area contributed by atoms with Gasteiger partial charge in [-0.2, -0.15) is 0 Å². The molecular formula is C22H32N2O3. The molecule has 1 saturated carbocycles. The van der Waals surface area contributed by atoms with Crippen LogP contribution in [-0.2, 0) is 16.1 Å². The van der Waals surface area contributed by atoms with Gasteiger partial charge in [-0.1, -0.05) is 30.3 Å². The molecule has 5 heteroatoms. The van der Waals surface area contributed by atoms with Crippen LogP contribution in [0.5, 0.6) is 0 Å². The molecule has 1 atom stereocenters. The summed E-state index contributed by atoms with van der Waals surface area (Å²) in [6.45, 7) is 5.14. The molecule has 0 radical (unpaired) electrons.